The van der Waals surface area contributed by atoms with Crippen LogP contribution in [-0.4, -0.2) is 24.5 Å². The predicted molar refractivity (Wildman–Crippen MR) is 97.8 cm³/mol. The third-order valence-corrected chi connectivity index (χ3v) is 4.21. The van der Waals surface area contributed by atoms with Crippen molar-refractivity contribution in [2.24, 2.45) is 0 Å². The number of hydrogen-bond acceptors (Lipinski definition) is 4. The molecule has 1 aliphatic rings. The van der Waals surface area contributed by atoms with Crippen molar-refractivity contribution in [1.29, 1.82) is 0 Å². The highest BCUT2D eigenvalue weighted by atomic mass is 16.6. The maximum Gasteiger partial charge on any atom is 0.345 e. The number of benzene rings is 2. The molecule has 5 nitrogen and oxygen atoms in total. The molecule has 0 aliphatic heterocycles. The first-order valence-electron chi connectivity index (χ1n) is 8.93. The molecule has 0 heterocycles. The molecule has 0 spiro atoms. The quantitative estimate of drug-likeness (QED) is 0.740. The first kappa shape index (κ1) is 18.0. The second kappa shape index (κ2) is 8.52. The zero-order valence-corrected chi connectivity index (χ0v) is 14.8. The molecule has 1 fully saturated rings. The van der Waals surface area contributed by atoms with Gasteiger partial charge in [-0.1, -0.05) is 55.5 Å². The molecule has 1 saturated carbocycles. The summed E-state index contributed by atoms with van der Waals surface area (Å²) >= 11 is 0. The Morgan fingerprint density at radius 2 is 1.77 bits per heavy atom. The van der Waals surface area contributed by atoms with Gasteiger partial charge in [0.15, 0.2) is 6.61 Å². The van der Waals surface area contributed by atoms with Gasteiger partial charge in [0.2, 0.25) is 6.10 Å². The van der Waals surface area contributed by atoms with Crippen LogP contribution < -0.4 is 10.1 Å². The SMILES string of the molecule is CCc1ccccc1OCC(=O)OC(C(=O)NC1CC1)c1ccccc1. The molecule has 26 heavy (non-hydrogen) atoms. The Bertz CT molecular complexity index is 756. The fraction of sp³-hybridized carbons (Fsp3) is 0.333. The number of aryl methyl sites for hydroxylation is 1. The van der Waals surface area contributed by atoms with Crippen molar-refractivity contribution < 1.29 is 19.1 Å². The smallest absolute Gasteiger partial charge is 0.345 e. The number of rotatable bonds is 8. The minimum absolute atomic E-state index is 0.195. The zero-order chi connectivity index (χ0) is 18.4. The molecular weight excluding hydrogens is 330 g/mol. The summed E-state index contributed by atoms with van der Waals surface area (Å²) in [4.78, 5) is 24.8. The van der Waals surface area contributed by atoms with Gasteiger partial charge in [-0.3, -0.25) is 4.79 Å². The number of ether oxygens (including phenoxy) is 2. The number of carbonyl (C=O) groups is 2. The van der Waals surface area contributed by atoms with Gasteiger partial charge in [0.05, 0.1) is 0 Å². The number of carbonyl (C=O) groups excluding carboxylic acids is 2. The Hall–Kier alpha value is -2.82. The van der Waals surface area contributed by atoms with Gasteiger partial charge in [-0.25, -0.2) is 4.79 Å². The summed E-state index contributed by atoms with van der Waals surface area (Å²) in [6, 6.07) is 16.8. The second-order valence-corrected chi connectivity index (χ2v) is 6.31. The Labute approximate surface area is 153 Å². The fourth-order valence-corrected chi connectivity index (χ4v) is 2.64. The lowest BCUT2D eigenvalue weighted by atomic mass is 10.1. The monoisotopic (exact) mass is 353 g/mol. The van der Waals surface area contributed by atoms with Gasteiger partial charge in [0.25, 0.3) is 5.91 Å². The molecule has 2 aromatic rings. The summed E-state index contributed by atoms with van der Waals surface area (Å²) in [7, 11) is 0. The van der Waals surface area contributed by atoms with Gasteiger partial charge in [-0.2, -0.15) is 0 Å². The number of esters is 1. The van der Waals surface area contributed by atoms with Crippen molar-refractivity contribution >= 4 is 11.9 Å². The van der Waals surface area contributed by atoms with Crippen molar-refractivity contribution in [3.05, 3.63) is 65.7 Å². The highest BCUT2D eigenvalue weighted by Crippen LogP contribution is 2.24. The van der Waals surface area contributed by atoms with E-state index in [0.717, 1.165) is 24.8 Å². The van der Waals surface area contributed by atoms with Crippen LogP contribution in [0.15, 0.2) is 54.6 Å². The first-order valence-corrected chi connectivity index (χ1v) is 8.93. The fourth-order valence-electron chi connectivity index (χ4n) is 2.64. The largest absolute Gasteiger partial charge is 0.482 e. The number of amides is 1. The molecule has 0 bridgehead atoms. The third kappa shape index (κ3) is 4.85. The Morgan fingerprint density at radius 3 is 2.46 bits per heavy atom. The van der Waals surface area contributed by atoms with Crippen molar-refractivity contribution in [3.8, 4) is 5.75 Å². The molecule has 3 rings (SSSR count). The molecule has 1 unspecified atom stereocenters. The van der Waals surface area contributed by atoms with Crippen LogP contribution in [0.1, 0.15) is 37.0 Å². The van der Waals surface area contributed by atoms with Gasteiger partial charge in [0.1, 0.15) is 5.75 Å². The molecule has 0 aromatic heterocycles. The molecule has 0 saturated heterocycles. The topological polar surface area (TPSA) is 64.6 Å². The van der Waals surface area contributed by atoms with E-state index in [1.54, 1.807) is 12.1 Å². The summed E-state index contributed by atoms with van der Waals surface area (Å²) in [5.41, 5.74) is 1.67. The number of hydrogen-bond donors (Lipinski definition) is 1. The molecule has 1 atom stereocenters. The van der Waals surface area contributed by atoms with E-state index in [0.29, 0.717) is 11.3 Å². The van der Waals surface area contributed by atoms with Crippen molar-refractivity contribution in [2.45, 2.75) is 38.3 Å². The van der Waals surface area contributed by atoms with Gasteiger partial charge in [0, 0.05) is 11.6 Å². The number of nitrogens with one attached hydrogen (secondary N) is 1. The second-order valence-electron chi connectivity index (χ2n) is 6.31. The van der Waals surface area contributed by atoms with E-state index in [4.69, 9.17) is 9.47 Å². The van der Waals surface area contributed by atoms with E-state index in [1.165, 1.54) is 0 Å². The van der Waals surface area contributed by atoms with E-state index < -0.39 is 12.1 Å². The van der Waals surface area contributed by atoms with Gasteiger partial charge >= 0.3 is 5.97 Å². The van der Waals surface area contributed by atoms with Gasteiger partial charge < -0.3 is 14.8 Å². The van der Waals surface area contributed by atoms with Crippen LogP contribution in [0.4, 0.5) is 0 Å². The van der Waals surface area contributed by atoms with E-state index in [9.17, 15) is 9.59 Å². The van der Waals surface area contributed by atoms with Crippen LogP contribution in [-0.2, 0) is 20.7 Å². The van der Waals surface area contributed by atoms with E-state index in [-0.39, 0.29) is 18.6 Å². The van der Waals surface area contributed by atoms with Crippen molar-refractivity contribution in [1.82, 2.24) is 5.32 Å². The van der Waals surface area contributed by atoms with Crippen LogP contribution >= 0.6 is 0 Å². The van der Waals surface area contributed by atoms with Crippen LogP contribution in [0.2, 0.25) is 0 Å². The molecule has 1 aliphatic carbocycles. The van der Waals surface area contributed by atoms with Gasteiger partial charge in [-0.15, -0.1) is 0 Å². The van der Waals surface area contributed by atoms with Crippen LogP contribution in [0, 0.1) is 0 Å². The number of para-hydroxylation sites is 1. The normalized spacial score (nSPS) is 14.3. The third-order valence-electron chi connectivity index (χ3n) is 4.21. The molecule has 136 valence electrons. The summed E-state index contributed by atoms with van der Waals surface area (Å²) < 4.78 is 11.0. The average Bonchev–Trinajstić information content (AvgIpc) is 3.49. The molecular formula is C21H23NO4. The molecule has 5 heteroatoms. The maximum absolute atomic E-state index is 12.5. The Balaban J connectivity index is 1.64. The highest BCUT2D eigenvalue weighted by molar-refractivity contribution is 5.85. The van der Waals surface area contributed by atoms with E-state index in [1.807, 2.05) is 49.4 Å². The lowest BCUT2D eigenvalue weighted by Crippen LogP contribution is -2.34. The average molecular weight is 353 g/mol. The molecule has 2 aromatic carbocycles. The maximum atomic E-state index is 12.5. The lowest BCUT2D eigenvalue weighted by molar-refractivity contribution is -0.158. The standard InChI is InChI=1S/C21H23NO4/c1-2-15-8-6-7-11-18(15)25-14-19(23)26-20(16-9-4-3-5-10-16)21(24)22-17-12-13-17/h3-11,17,20H,2,12-14H2,1H3,(H,22,24). The van der Waals surface area contributed by atoms with E-state index in [2.05, 4.69) is 5.32 Å². The van der Waals surface area contributed by atoms with Crippen LogP contribution in [0.5, 0.6) is 5.75 Å². The molecule has 1 amide bonds. The predicted octanol–water partition coefficient (Wildman–Crippen LogP) is 3.19. The van der Waals surface area contributed by atoms with Crippen molar-refractivity contribution in [2.75, 3.05) is 6.61 Å². The molecule has 1 N–H and O–H groups in total. The van der Waals surface area contributed by atoms with E-state index >= 15 is 0 Å². The van der Waals surface area contributed by atoms with Crippen molar-refractivity contribution in [3.63, 3.8) is 0 Å². The zero-order valence-electron chi connectivity index (χ0n) is 14.8. The minimum atomic E-state index is -0.964. The Kier molecular flexibility index (Phi) is 5.89. The highest BCUT2D eigenvalue weighted by Gasteiger charge is 2.30. The lowest BCUT2D eigenvalue weighted by Gasteiger charge is -2.18. The van der Waals surface area contributed by atoms with Crippen LogP contribution in [0.25, 0.3) is 0 Å². The Morgan fingerprint density at radius 1 is 1.08 bits per heavy atom. The summed E-state index contributed by atoms with van der Waals surface area (Å²) in [5, 5.41) is 2.89. The van der Waals surface area contributed by atoms with Crippen LogP contribution in [0.3, 0.4) is 0 Å². The van der Waals surface area contributed by atoms with Gasteiger partial charge in [-0.05, 0) is 30.9 Å². The molecule has 0 radical (unpaired) electrons. The summed E-state index contributed by atoms with van der Waals surface area (Å²) in [6.07, 6.45) is 1.78. The first-order chi connectivity index (χ1) is 12.7. The minimum Gasteiger partial charge on any atom is -0.482 e. The summed E-state index contributed by atoms with van der Waals surface area (Å²) in [6.45, 7) is 1.78. The summed E-state index contributed by atoms with van der Waals surface area (Å²) in [5.74, 6) is -0.206.